The Labute approximate surface area is 166 Å². The third-order valence-corrected chi connectivity index (χ3v) is 4.12. The summed E-state index contributed by atoms with van der Waals surface area (Å²) in [6.07, 6.45) is 0. The average Bonchev–Trinajstić information content (AvgIpc) is 2.69. The summed E-state index contributed by atoms with van der Waals surface area (Å²) in [4.78, 5) is 0. The fraction of sp³-hybridized carbons (Fsp3) is 0.0952. The van der Waals surface area contributed by atoms with E-state index in [4.69, 9.17) is 17.0 Å². The van der Waals surface area contributed by atoms with Crippen LogP contribution in [0.2, 0.25) is 0 Å². The van der Waals surface area contributed by atoms with E-state index in [1.165, 1.54) is 18.2 Å². The summed E-state index contributed by atoms with van der Waals surface area (Å²) in [5.74, 6) is -0.965. The molecule has 144 valence electrons. The quantitative estimate of drug-likeness (QED) is 0.558. The number of thiocarbonyl (C=S) groups is 1. The van der Waals surface area contributed by atoms with Gasteiger partial charge in [0.2, 0.25) is 0 Å². The Morgan fingerprint density at radius 2 is 1.46 bits per heavy atom. The minimum Gasteiger partial charge on any atom is -0.489 e. The van der Waals surface area contributed by atoms with Crippen LogP contribution in [-0.2, 0) is 13.2 Å². The van der Waals surface area contributed by atoms with Gasteiger partial charge in [-0.1, -0.05) is 24.3 Å². The van der Waals surface area contributed by atoms with Crippen molar-refractivity contribution in [3.63, 3.8) is 0 Å². The van der Waals surface area contributed by atoms with Crippen LogP contribution in [-0.4, -0.2) is 5.11 Å². The van der Waals surface area contributed by atoms with Crippen molar-refractivity contribution in [1.29, 1.82) is 0 Å². The molecule has 0 aliphatic heterocycles. The molecule has 28 heavy (non-hydrogen) atoms. The number of anilines is 1. The van der Waals surface area contributed by atoms with Crippen molar-refractivity contribution in [2.24, 2.45) is 0 Å². The third kappa shape index (κ3) is 5.72. The highest BCUT2D eigenvalue weighted by Gasteiger charge is 2.05. The van der Waals surface area contributed by atoms with E-state index in [2.05, 4.69) is 10.6 Å². The van der Waals surface area contributed by atoms with E-state index in [-0.39, 0.29) is 16.6 Å². The van der Waals surface area contributed by atoms with Gasteiger partial charge >= 0.3 is 0 Å². The van der Waals surface area contributed by atoms with Crippen LogP contribution in [0.15, 0.2) is 66.7 Å². The molecule has 3 nitrogen and oxygen atoms in total. The second kappa shape index (κ2) is 9.23. The van der Waals surface area contributed by atoms with Gasteiger partial charge in [0.15, 0.2) is 5.11 Å². The minimum absolute atomic E-state index is 0.100. The lowest BCUT2D eigenvalue weighted by Gasteiger charge is -2.12. The first-order chi connectivity index (χ1) is 13.5. The zero-order valence-corrected chi connectivity index (χ0v) is 15.5. The van der Waals surface area contributed by atoms with Gasteiger partial charge in [0.1, 0.15) is 29.8 Å². The fourth-order valence-electron chi connectivity index (χ4n) is 2.39. The molecule has 0 fully saturated rings. The van der Waals surface area contributed by atoms with Crippen molar-refractivity contribution in [2.75, 3.05) is 5.32 Å². The van der Waals surface area contributed by atoms with Gasteiger partial charge in [-0.05, 0) is 59.7 Å². The molecule has 0 aromatic heterocycles. The smallest absolute Gasteiger partial charge is 0.171 e. The molecular weight excluding hydrogens is 385 g/mol. The number of benzene rings is 3. The van der Waals surface area contributed by atoms with Gasteiger partial charge in [-0.2, -0.15) is 0 Å². The molecule has 2 N–H and O–H groups in total. The van der Waals surface area contributed by atoms with Crippen molar-refractivity contribution in [3.05, 3.63) is 95.3 Å². The highest BCUT2D eigenvalue weighted by Crippen LogP contribution is 2.16. The summed E-state index contributed by atoms with van der Waals surface area (Å²) in [6.45, 7) is 0.766. The second-order valence-corrected chi connectivity index (χ2v) is 6.40. The Balaban J connectivity index is 1.47. The van der Waals surface area contributed by atoms with Gasteiger partial charge in [0.25, 0.3) is 0 Å². The number of ether oxygens (including phenoxy) is 1. The predicted molar refractivity (Wildman–Crippen MR) is 107 cm³/mol. The molecule has 3 aromatic rings. The van der Waals surface area contributed by atoms with Crippen molar-refractivity contribution in [2.45, 2.75) is 13.2 Å². The maximum absolute atomic E-state index is 13.6. The molecule has 0 unspecified atom stereocenters. The van der Waals surface area contributed by atoms with E-state index in [0.717, 1.165) is 23.3 Å². The summed E-state index contributed by atoms with van der Waals surface area (Å²) < 4.78 is 45.1. The van der Waals surface area contributed by atoms with Gasteiger partial charge in [0, 0.05) is 12.6 Å². The highest BCUT2D eigenvalue weighted by atomic mass is 32.1. The van der Waals surface area contributed by atoms with Crippen LogP contribution in [0.4, 0.5) is 18.9 Å². The van der Waals surface area contributed by atoms with Crippen LogP contribution in [0, 0.1) is 17.5 Å². The van der Waals surface area contributed by atoms with Crippen molar-refractivity contribution < 1.29 is 17.9 Å². The standard InChI is InChI=1S/C21H17F3N2OS/c22-16-5-1-15(2-6-16)13-27-18-8-3-14(4-9-18)12-25-21(28)26-20-10-7-17(23)11-19(20)24/h1-11H,12-13H2,(H2,25,26,28). The van der Waals surface area contributed by atoms with Crippen LogP contribution in [0.5, 0.6) is 5.75 Å². The van der Waals surface area contributed by atoms with Gasteiger partial charge in [0.05, 0.1) is 5.69 Å². The second-order valence-electron chi connectivity index (χ2n) is 5.99. The van der Waals surface area contributed by atoms with Crippen LogP contribution in [0.3, 0.4) is 0 Å². The molecule has 0 saturated heterocycles. The maximum atomic E-state index is 13.6. The Morgan fingerprint density at radius 1 is 0.821 bits per heavy atom. The van der Waals surface area contributed by atoms with E-state index in [1.807, 2.05) is 24.3 Å². The molecule has 0 bridgehead atoms. The molecule has 0 aliphatic rings. The number of hydrogen-bond acceptors (Lipinski definition) is 2. The molecular formula is C21H17F3N2OS. The van der Waals surface area contributed by atoms with Crippen molar-refractivity contribution in [3.8, 4) is 5.75 Å². The van der Waals surface area contributed by atoms with Crippen molar-refractivity contribution in [1.82, 2.24) is 5.32 Å². The van der Waals surface area contributed by atoms with E-state index in [1.54, 1.807) is 12.1 Å². The van der Waals surface area contributed by atoms with Gasteiger partial charge in [-0.15, -0.1) is 0 Å². The lowest BCUT2D eigenvalue weighted by molar-refractivity contribution is 0.306. The molecule has 3 aromatic carbocycles. The monoisotopic (exact) mass is 402 g/mol. The zero-order chi connectivity index (χ0) is 19.9. The summed E-state index contributed by atoms with van der Waals surface area (Å²) in [6, 6.07) is 16.7. The first-order valence-corrected chi connectivity index (χ1v) is 8.86. The first-order valence-electron chi connectivity index (χ1n) is 8.46. The summed E-state index contributed by atoms with van der Waals surface area (Å²) in [5, 5.41) is 5.87. The number of halogens is 3. The largest absolute Gasteiger partial charge is 0.489 e. The predicted octanol–water partition coefficient (Wildman–Crippen LogP) is 5.17. The number of nitrogens with one attached hydrogen (secondary N) is 2. The van der Waals surface area contributed by atoms with Gasteiger partial charge in [-0.3, -0.25) is 0 Å². The van der Waals surface area contributed by atoms with E-state index >= 15 is 0 Å². The topological polar surface area (TPSA) is 33.3 Å². The normalized spacial score (nSPS) is 10.4. The Bertz CT molecular complexity index is 947. The molecule has 0 radical (unpaired) electrons. The molecule has 0 heterocycles. The maximum Gasteiger partial charge on any atom is 0.171 e. The Kier molecular flexibility index (Phi) is 6.49. The number of hydrogen-bond donors (Lipinski definition) is 2. The molecule has 0 aliphatic carbocycles. The van der Waals surface area contributed by atoms with Gasteiger partial charge < -0.3 is 15.4 Å². The lowest BCUT2D eigenvalue weighted by atomic mass is 10.2. The molecule has 3 rings (SSSR count). The van der Waals surface area contributed by atoms with Crippen LogP contribution < -0.4 is 15.4 Å². The molecule has 0 spiro atoms. The molecule has 0 atom stereocenters. The highest BCUT2D eigenvalue weighted by molar-refractivity contribution is 7.80. The molecule has 0 amide bonds. The third-order valence-electron chi connectivity index (χ3n) is 3.87. The lowest BCUT2D eigenvalue weighted by Crippen LogP contribution is -2.28. The SMILES string of the molecule is Fc1ccc(COc2ccc(CNC(=S)Nc3ccc(F)cc3F)cc2)cc1. The van der Waals surface area contributed by atoms with Crippen LogP contribution in [0.25, 0.3) is 0 Å². The van der Waals surface area contributed by atoms with Crippen LogP contribution >= 0.6 is 12.2 Å². The van der Waals surface area contributed by atoms with E-state index in [9.17, 15) is 13.2 Å². The van der Waals surface area contributed by atoms with Crippen molar-refractivity contribution >= 4 is 23.0 Å². The fourth-order valence-corrected chi connectivity index (χ4v) is 2.57. The first kappa shape index (κ1) is 19.7. The Hall–Kier alpha value is -3.06. The molecule has 0 saturated carbocycles. The van der Waals surface area contributed by atoms with Gasteiger partial charge in [-0.25, -0.2) is 13.2 Å². The zero-order valence-electron chi connectivity index (χ0n) is 14.7. The van der Waals surface area contributed by atoms with Crippen LogP contribution in [0.1, 0.15) is 11.1 Å². The summed E-state index contributed by atoms with van der Waals surface area (Å²) >= 11 is 5.12. The van der Waals surface area contributed by atoms with E-state index in [0.29, 0.717) is 18.9 Å². The van der Waals surface area contributed by atoms with E-state index < -0.39 is 11.6 Å². The summed E-state index contributed by atoms with van der Waals surface area (Å²) in [5.41, 5.74) is 1.91. The molecule has 7 heteroatoms. The Morgan fingerprint density at radius 3 is 2.14 bits per heavy atom. The number of rotatable bonds is 6. The summed E-state index contributed by atoms with van der Waals surface area (Å²) in [7, 11) is 0. The average molecular weight is 402 g/mol. The minimum atomic E-state index is -0.716.